The van der Waals surface area contributed by atoms with Gasteiger partial charge in [-0.3, -0.25) is 14.9 Å². The molecule has 1 aliphatic heterocycles. The Morgan fingerprint density at radius 3 is 2.75 bits per heavy atom. The van der Waals surface area contributed by atoms with E-state index in [-0.39, 0.29) is 29.4 Å². The van der Waals surface area contributed by atoms with Gasteiger partial charge >= 0.3 is 0 Å². The van der Waals surface area contributed by atoms with Gasteiger partial charge < -0.3 is 15.3 Å². The van der Waals surface area contributed by atoms with Gasteiger partial charge in [0, 0.05) is 26.2 Å². The van der Waals surface area contributed by atoms with Crippen molar-refractivity contribution in [3.8, 4) is 0 Å². The summed E-state index contributed by atoms with van der Waals surface area (Å²) >= 11 is 0. The van der Waals surface area contributed by atoms with Crippen molar-refractivity contribution in [3.05, 3.63) is 33.9 Å². The van der Waals surface area contributed by atoms with Crippen molar-refractivity contribution < 1.29 is 14.8 Å². The lowest BCUT2D eigenvalue weighted by Gasteiger charge is -2.20. The second-order valence-electron chi connectivity index (χ2n) is 5.18. The number of nitrogens with one attached hydrogen (secondary N) is 1. The van der Waals surface area contributed by atoms with E-state index < -0.39 is 10.5 Å². The van der Waals surface area contributed by atoms with Crippen molar-refractivity contribution in [1.82, 2.24) is 4.90 Å². The summed E-state index contributed by atoms with van der Waals surface area (Å²) in [5.74, 6) is -0.309. The molecule has 1 heterocycles. The van der Waals surface area contributed by atoms with Gasteiger partial charge in [-0.05, 0) is 19.4 Å². The molecule has 1 saturated heterocycles. The number of amides is 1. The maximum atomic E-state index is 12.4. The minimum atomic E-state index is -0.893. The number of para-hydroxylation sites is 1. The number of hydrogen-bond donors (Lipinski definition) is 2. The smallest absolute Gasteiger partial charge is 0.293 e. The van der Waals surface area contributed by atoms with Crippen LogP contribution < -0.4 is 5.32 Å². The summed E-state index contributed by atoms with van der Waals surface area (Å²) in [6, 6.07) is 4.39. The van der Waals surface area contributed by atoms with E-state index in [1.807, 2.05) is 0 Å². The molecular weight excluding hydrogens is 262 g/mol. The predicted molar refractivity (Wildman–Crippen MR) is 73.8 cm³/mol. The molecule has 1 amide bonds. The van der Waals surface area contributed by atoms with Crippen LogP contribution in [0.1, 0.15) is 23.7 Å². The summed E-state index contributed by atoms with van der Waals surface area (Å²) in [7, 11) is 1.54. The molecule has 0 aromatic heterocycles. The molecule has 7 nitrogen and oxygen atoms in total. The fraction of sp³-hybridized carbons (Fsp3) is 0.462. The topological polar surface area (TPSA) is 95.7 Å². The predicted octanol–water partition coefficient (Wildman–Crippen LogP) is 1.23. The molecule has 1 aliphatic rings. The zero-order valence-electron chi connectivity index (χ0n) is 11.4. The van der Waals surface area contributed by atoms with Gasteiger partial charge in [0.25, 0.3) is 11.6 Å². The minimum absolute atomic E-state index is 0.135. The quantitative estimate of drug-likeness (QED) is 0.641. The minimum Gasteiger partial charge on any atom is -0.388 e. The lowest BCUT2D eigenvalue weighted by molar-refractivity contribution is -0.384. The summed E-state index contributed by atoms with van der Waals surface area (Å²) in [5.41, 5.74) is -0.575. The largest absolute Gasteiger partial charge is 0.388 e. The van der Waals surface area contributed by atoms with E-state index in [0.29, 0.717) is 13.0 Å². The highest BCUT2D eigenvalue weighted by Gasteiger charge is 2.35. The molecule has 20 heavy (non-hydrogen) atoms. The standard InChI is InChI=1S/C13H17N3O4/c1-13(18)6-7-15(8-13)12(17)9-4-3-5-10(16(19)20)11(9)14-2/h3-5,14,18H,6-8H2,1-2H3. The van der Waals surface area contributed by atoms with Crippen LogP contribution in [0.3, 0.4) is 0 Å². The average Bonchev–Trinajstić information content (AvgIpc) is 2.77. The molecule has 108 valence electrons. The van der Waals surface area contributed by atoms with E-state index in [0.717, 1.165) is 0 Å². The summed E-state index contributed by atoms with van der Waals surface area (Å²) in [5, 5.41) is 23.6. The van der Waals surface area contributed by atoms with Crippen molar-refractivity contribution in [2.24, 2.45) is 0 Å². The highest BCUT2D eigenvalue weighted by Crippen LogP contribution is 2.30. The number of carbonyl (C=O) groups excluding carboxylic acids is 1. The van der Waals surface area contributed by atoms with Crippen LogP contribution in [0, 0.1) is 10.1 Å². The first kappa shape index (κ1) is 14.3. The maximum Gasteiger partial charge on any atom is 0.293 e. The SMILES string of the molecule is CNc1c(C(=O)N2CCC(C)(O)C2)cccc1[N+](=O)[O-]. The lowest BCUT2D eigenvalue weighted by Crippen LogP contribution is -2.34. The molecular formula is C13H17N3O4. The Kier molecular flexibility index (Phi) is 3.63. The van der Waals surface area contributed by atoms with Crippen molar-refractivity contribution in [2.45, 2.75) is 18.9 Å². The van der Waals surface area contributed by atoms with E-state index in [2.05, 4.69) is 5.32 Å². The Bertz CT molecular complexity index is 557. The van der Waals surface area contributed by atoms with Crippen LogP contribution in [0.2, 0.25) is 0 Å². The Labute approximate surface area is 116 Å². The number of likely N-dealkylation sites (tertiary alicyclic amines) is 1. The molecule has 1 aromatic rings. The number of carbonyl (C=O) groups is 1. The fourth-order valence-corrected chi connectivity index (χ4v) is 2.42. The van der Waals surface area contributed by atoms with E-state index in [4.69, 9.17) is 0 Å². The third-order valence-electron chi connectivity index (χ3n) is 3.46. The zero-order chi connectivity index (χ0) is 14.9. The number of nitro groups is 1. The Morgan fingerprint density at radius 2 is 2.25 bits per heavy atom. The summed E-state index contributed by atoms with van der Waals surface area (Å²) in [4.78, 5) is 24.4. The molecule has 1 fully saturated rings. The zero-order valence-corrected chi connectivity index (χ0v) is 11.4. The molecule has 0 radical (unpaired) electrons. The first-order valence-electron chi connectivity index (χ1n) is 6.32. The number of nitro benzene ring substituents is 1. The van der Waals surface area contributed by atoms with Crippen molar-refractivity contribution in [3.63, 3.8) is 0 Å². The highest BCUT2D eigenvalue weighted by molar-refractivity contribution is 6.01. The number of nitrogens with zero attached hydrogens (tertiary/aromatic N) is 2. The van der Waals surface area contributed by atoms with Crippen molar-refractivity contribution >= 4 is 17.3 Å². The number of β-amino-alcohol motifs (C(OH)–C–C–N with tert-alkyl or cyclic N) is 1. The third-order valence-corrected chi connectivity index (χ3v) is 3.46. The third kappa shape index (κ3) is 2.57. The molecule has 0 bridgehead atoms. The van der Waals surface area contributed by atoms with Gasteiger partial charge in [0.1, 0.15) is 5.69 Å². The van der Waals surface area contributed by atoms with Gasteiger partial charge in [-0.25, -0.2) is 0 Å². The van der Waals surface area contributed by atoms with E-state index in [1.54, 1.807) is 20.0 Å². The maximum absolute atomic E-state index is 12.4. The normalized spacial score (nSPS) is 21.9. The molecule has 1 unspecified atom stereocenters. The number of aliphatic hydroxyl groups is 1. The van der Waals surface area contributed by atoms with Crippen molar-refractivity contribution in [1.29, 1.82) is 0 Å². The summed E-state index contributed by atoms with van der Waals surface area (Å²) in [6.07, 6.45) is 0.503. The van der Waals surface area contributed by atoms with E-state index in [1.165, 1.54) is 17.0 Å². The molecule has 0 spiro atoms. The van der Waals surface area contributed by atoms with Crippen LogP contribution in [-0.2, 0) is 0 Å². The Hall–Kier alpha value is -2.15. The summed E-state index contributed by atoms with van der Waals surface area (Å²) < 4.78 is 0. The first-order chi connectivity index (χ1) is 9.35. The van der Waals surface area contributed by atoms with Crippen LogP contribution in [0.25, 0.3) is 0 Å². The fourth-order valence-electron chi connectivity index (χ4n) is 2.42. The van der Waals surface area contributed by atoms with Crippen LogP contribution in [0.5, 0.6) is 0 Å². The second-order valence-corrected chi connectivity index (χ2v) is 5.18. The highest BCUT2D eigenvalue weighted by atomic mass is 16.6. The van der Waals surface area contributed by atoms with Gasteiger partial charge in [0.15, 0.2) is 0 Å². The van der Waals surface area contributed by atoms with E-state index >= 15 is 0 Å². The number of hydrogen-bond acceptors (Lipinski definition) is 5. The first-order valence-corrected chi connectivity index (χ1v) is 6.32. The Balaban J connectivity index is 2.36. The van der Waals surface area contributed by atoms with Gasteiger partial charge in [-0.15, -0.1) is 0 Å². The second kappa shape index (κ2) is 5.09. The number of anilines is 1. The molecule has 2 rings (SSSR count). The van der Waals surface area contributed by atoms with Gasteiger partial charge in [0.2, 0.25) is 0 Å². The van der Waals surface area contributed by atoms with Gasteiger partial charge in [0.05, 0.1) is 16.1 Å². The lowest BCUT2D eigenvalue weighted by atomic mass is 10.1. The molecule has 1 atom stereocenters. The molecule has 2 N–H and O–H groups in total. The average molecular weight is 279 g/mol. The van der Waals surface area contributed by atoms with Crippen LogP contribution in [-0.4, -0.2) is 46.6 Å². The van der Waals surface area contributed by atoms with Crippen LogP contribution in [0.15, 0.2) is 18.2 Å². The molecule has 0 saturated carbocycles. The number of benzene rings is 1. The van der Waals surface area contributed by atoms with Crippen molar-refractivity contribution in [2.75, 3.05) is 25.5 Å². The van der Waals surface area contributed by atoms with Crippen LogP contribution in [0.4, 0.5) is 11.4 Å². The number of rotatable bonds is 3. The summed E-state index contributed by atoms with van der Waals surface area (Å²) in [6.45, 7) is 2.35. The monoisotopic (exact) mass is 279 g/mol. The molecule has 1 aromatic carbocycles. The van der Waals surface area contributed by atoms with Crippen LogP contribution >= 0.6 is 0 Å². The van der Waals surface area contributed by atoms with Gasteiger partial charge in [-0.1, -0.05) is 6.07 Å². The molecule has 7 heteroatoms. The van der Waals surface area contributed by atoms with Gasteiger partial charge in [-0.2, -0.15) is 0 Å². The Morgan fingerprint density at radius 1 is 1.55 bits per heavy atom. The molecule has 0 aliphatic carbocycles. The van der Waals surface area contributed by atoms with E-state index in [9.17, 15) is 20.0 Å².